The number of carbonyl (C=O) groups excluding carboxylic acids is 1. The summed E-state index contributed by atoms with van der Waals surface area (Å²) >= 11 is 0. The van der Waals surface area contributed by atoms with E-state index in [2.05, 4.69) is 11.3 Å². The molecule has 0 radical (unpaired) electrons. The summed E-state index contributed by atoms with van der Waals surface area (Å²) in [5, 5.41) is 0. The Hall–Kier alpha value is -1.60. The molecular formula is C9H5F11O3. The van der Waals surface area contributed by atoms with Crippen molar-refractivity contribution in [3.05, 3.63) is 12.2 Å². The molecule has 1 unspecified atom stereocenters. The van der Waals surface area contributed by atoms with Gasteiger partial charge in [0.1, 0.15) is 0 Å². The zero-order chi connectivity index (χ0) is 19.1. The Bertz CT molecular complexity index is 478. The summed E-state index contributed by atoms with van der Waals surface area (Å²) in [6, 6.07) is -6.29. The molecule has 3 nitrogen and oxygen atoms in total. The Morgan fingerprint density at radius 1 is 0.826 bits per heavy atom. The molecule has 136 valence electrons. The summed E-state index contributed by atoms with van der Waals surface area (Å²) in [7, 11) is 0. The third kappa shape index (κ3) is 4.23. The summed E-state index contributed by atoms with van der Waals surface area (Å²) in [5.41, 5.74) is -1.02. The van der Waals surface area contributed by atoms with E-state index in [1.807, 2.05) is 4.74 Å². The van der Waals surface area contributed by atoms with Gasteiger partial charge in [-0.15, -0.1) is 0 Å². The molecule has 0 fully saturated rings. The fourth-order valence-corrected chi connectivity index (χ4v) is 0.737. The van der Waals surface area contributed by atoms with Gasteiger partial charge >= 0.3 is 36.4 Å². The zero-order valence-electron chi connectivity index (χ0n) is 10.6. The third-order valence-corrected chi connectivity index (χ3v) is 1.89. The van der Waals surface area contributed by atoms with Gasteiger partial charge < -0.3 is 4.74 Å². The van der Waals surface area contributed by atoms with Crippen molar-refractivity contribution in [3.8, 4) is 0 Å². The summed E-state index contributed by atoms with van der Waals surface area (Å²) < 4.78 is 140. The molecule has 0 N–H and O–H groups in total. The number of rotatable bonds is 5. The molecule has 1 atom stereocenters. The van der Waals surface area contributed by atoms with Gasteiger partial charge in [0.05, 0.1) is 0 Å². The van der Waals surface area contributed by atoms with Crippen molar-refractivity contribution in [2.24, 2.45) is 0 Å². The minimum absolute atomic E-state index is 0.599. The molecule has 0 rings (SSSR count). The molecular weight excluding hydrogens is 365 g/mol. The van der Waals surface area contributed by atoms with Gasteiger partial charge in [0.25, 0.3) is 0 Å². The van der Waals surface area contributed by atoms with Crippen LogP contribution >= 0.6 is 0 Å². The summed E-state index contributed by atoms with van der Waals surface area (Å²) in [6.45, 7) is 3.22. The van der Waals surface area contributed by atoms with Crippen molar-refractivity contribution >= 4 is 5.97 Å². The van der Waals surface area contributed by atoms with Crippen LogP contribution in [-0.2, 0) is 14.3 Å². The lowest BCUT2D eigenvalue weighted by atomic mass is 10.3. The largest absolute Gasteiger partial charge is 0.491 e. The van der Waals surface area contributed by atoms with Gasteiger partial charge in [-0.3, -0.25) is 0 Å². The quantitative estimate of drug-likeness (QED) is 0.317. The highest BCUT2D eigenvalue weighted by Crippen LogP contribution is 2.51. The zero-order valence-corrected chi connectivity index (χ0v) is 10.6. The van der Waals surface area contributed by atoms with E-state index in [9.17, 15) is 53.1 Å². The highest BCUT2D eigenvalue weighted by atomic mass is 19.4. The smallest absolute Gasteiger partial charge is 0.394 e. The Morgan fingerprint density at radius 2 is 1.22 bits per heavy atom. The second-order valence-electron chi connectivity index (χ2n) is 3.89. The molecule has 0 aromatic carbocycles. The molecule has 0 heterocycles. The Labute approximate surface area is 119 Å². The third-order valence-electron chi connectivity index (χ3n) is 1.89. The van der Waals surface area contributed by atoms with Crippen LogP contribution in [0.4, 0.5) is 48.3 Å². The van der Waals surface area contributed by atoms with E-state index < -0.39 is 42.0 Å². The van der Waals surface area contributed by atoms with Crippen LogP contribution in [0, 0.1) is 0 Å². The fraction of sp³-hybridized carbons (Fsp3) is 0.667. The highest BCUT2D eigenvalue weighted by molar-refractivity contribution is 5.87. The van der Waals surface area contributed by atoms with Crippen LogP contribution in [0.1, 0.15) is 6.92 Å². The van der Waals surface area contributed by atoms with Crippen LogP contribution < -0.4 is 0 Å². The van der Waals surface area contributed by atoms with Crippen molar-refractivity contribution in [2.75, 3.05) is 0 Å². The first-order chi connectivity index (χ1) is 9.78. The molecule has 0 saturated carbocycles. The van der Waals surface area contributed by atoms with Crippen LogP contribution in [0.5, 0.6) is 0 Å². The number of carbonyl (C=O) groups is 1. The first kappa shape index (κ1) is 21.4. The molecule has 0 aliphatic heterocycles. The lowest BCUT2D eigenvalue weighted by Gasteiger charge is -2.33. The van der Waals surface area contributed by atoms with Crippen LogP contribution in [-0.4, -0.2) is 36.4 Å². The molecule has 0 aromatic rings. The van der Waals surface area contributed by atoms with Gasteiger partial charge in [-0.1, -0.05) is 6.58 Å². The Kier molecular flexibility index (Phi) is 5.39. The van der Waals surface area contributed by atoms with E-state index in [4.69, 9.17) is 0 Å². The number of esters is 1. The van der Waals surface area contributed by atoms with Gasteiger partial charge in [0, 0.05) is 5.57 Å². The highest BCUT2D eigenvalue weighted by Gasteiger charge is 2.79. The van der Waals surface area contributed by atoms with Crippen molar-refractivity contribution in [2.45, 2.75) is 37.3 Å². The van der Waals surface area contributed by atoms with Crippen LogP contribution in [0.2, 0.25) is 0 Å². The standard InChI is InChI=1S/C9H5F11O3/c1-3(2)4(21)22-9(20,7(15,16)17)23-8(18,19)5(10,11)6(12,13)14/h1H2,2H3. The number of ether oxygens (including phenoxy) is 2. The van der Waals surface area contributed by atoms with Crippen molar-refractivity contribution in [1.29, 1.82) is 0 Å². The van der Waals surface area contributed by atoms with Gasteiger partial charge in [0.15, 0.2) is 0 Å². The topological polar surface area (TPSA) is 35.5 Å². The average Bonchev–Trinajstić information content (AvgIpc) is 2.24. The Balaban J connectivity index is 5.82. The predicted octanol–water partition coefficient (Wildman–Crippen LogP) is 4.10. The van der Waals surface area contributed by atoms with E-state index in [1.54, 1.807) is 0 Å². The van der Waals surface area contributed by atoms with Gasteiger partial charge in [0.2, 0.25) is 0 Å². The number of hydrogen-bond donors (Lipinski definition) is 0. The number of hydrogen-bond acceptors (Lipinski definition) is 3. The lowest BCUT2D eigenvalue weighted by molar-refractivity contribution is -0.523. The summed E-state index contributed by atoms with van der Waals surface area (Å²) in [4.78, 5) is 10.7. The maximum atomic E-state index is 13.3. The van der Waals surface area contributed by atoms with E-state index in [1.165, 1.54) is 0 Å². The average molecular weight is 370 g/mol. The van der Waals surface area contributed by atoms with E-state index >= 15 is 0 Å². The van der Waals surface area contributed by atoms with Gasteiger partial charge in [-0.05, 0) is 6.92 Å². The molecule has 0 spiro atoms. The van der Waals surface area contributed by atoms with Gasteiger partial charge in [-0.2, -0.15) is 48.3 Å². The minimum atomic E-state index is -7.22. The monoisotopic (exact) mass is 370 g/mol. The molecule has 14 heteroatoms. The van der Waals surface area contributed by atoms with Crippen molar-refractivity contribution in [3.63, 3.8) is 0 Å². The molecule has 0 bridgehead atoms. The van der Waals surface area contributed by atoms with Crippen LogP contribution in [0.3, 0.4) is 0 Å². The van der Waals surface area contributed by atoms with Gasteiger partial charge in [-0.25, -0.2) is 9.53 Å². The first-order valence-electron chi connectivity index (χ1n) is 4.95. The molecule has 0 aromatic heterocycles. The van der Waals surface area contributed by atoms with E-state index in [0.29, 0.717) is 6.92 Å². The minimum Gasteiger partial charge on any atom is -0.394 e. The van der Waals surface area contributed by atoms with Crippen LogP contribution in [0.15, 0.2) is 12.2 Å². The molecule has 0 aliphatic rings. The lowest BCUT2D eigenvalue weighted by Crippen LogP contribution is -2.60. The number of halogens is 11. The predicted molar refractivity (Wildman–Crippen MR) is 47.8 cm³/mol. The van der Waals surface area contributed by atoms with E-state index in [0.717, 1.165) is 0 Å². The van der Waals surface area contributed by atoms with Crippen LogP contribution in [0.25, 0.3) is 0 Å². The maximum Gasteiger partial charge on any atom is 0.491 e. The second-order valence-corrected chi connectivity index (χ2v) is 3.89. The molecule has 0 amide bonds. The number of alkyl halides is 11. The van der Waals surface area contributed by atoms with E-state index in [-0.39, 0.29) is 0 Å². The first-order valence-corrected chi connectivity index (χ1v) is 4.95. The summed E-state index contributed by atoms with van der Waals surface area (Å²) in [5.74, 6) is -9.60. The Morgan fingerprint density at radius 3 is 1.48 bits per heavy atom. The van der Waals surface area contributed by atoms with Crippen molar-refractivity contribution in [1.82, 2.24) is 0 Å². The van der Waals surface area contributed by atoms with Crippen molar-refractivity contribution < 1.29 is 62.6 Å². The second kappa shape index (κ2) is 5.79. The molecule has 0 aliphatic carbocycles. The summed E-state index contributed by atoms with van der Waals surface area (Å²) in [6.07, 6.45) is -20.9. The molecule has 23 heavy (non-hydrogen) atoms. The fourth-order valence-electron chi connectivity index (χ4n) is 0.737. The SMILES string of the molecule is C=C(C)C(=O)OC(F)(OC(F)(F)C(F)(F)C(F)(F)F)C(F)(F)F. The normalized spacial score (nSPS) is 16.7. The maximum absolute atomic E-state index is 13.3. The molecule has 0 saturated heterocycles.